The maximum absolute atomic E-state index is 12.0. The quantitative estimate of drug-likeness (QED) is 0.664. The van der Waals surface area contributed by atoms with Crippen molar-refractivity contribution >= 4 is 12.1 Å². The van der Waals surface area contributed by atoms with Crippen LogP contribution in [-0.2, 0) is 0 Å². The number of amides is 1. The number of phenolic OH excluding ortho intramolecular Hbond substituents is 1. The summed E-state index contributed by atoms with van der Waals surface area (Å²) in [5.74, 6) is 1.13. The zero-order chi connectivity index (χ0) is 16.2. The van der Waals surface area contributed by atoms with Crippen LogP contribution in [-0.4, -0.2) is 31.1 Å². The Morgan fingerprint density at radius 3 is 2.87 bits per heavy atom. The van der Waals surface area contributed by atoms with Gasteiger partial charge in [-0.3, -0.25) is 4.79 Å². The van der Waals surface area contributed by atoms with E-state index in [9.17, 15) is 9.90 Å². The lowest BCUT2D eigenvalue weighted by Gasteiger charge is -2.03. The van der Waals surface area contributed by atoms with Gasteiger partial charge in [0.1, 0.15) is 0 Å². The Labute approximate surface area is 132 Å². The van der Waals surface area contributed by atoms with Crippen LogP contribution in [0.4, 0.5) is 0 Å². The first-order valence-corrected chi connectivity index (χ1v) is 6.77. The van der Waals surface area contributed by atoms with E-state index in [1.165, 1.54) is 19.4 Å². The van der Waals surface area contributed by atoms with Crippen LogP contribution < -0.4 is 19.6 Å². The van der Waals surface area contributed by atoms with Crippen LogP contribution in [0.3, 0.4) is 0 Å². The maximum atomic E-state index is 12.0. The molecule has 1 heterocycles. The first kappa shape index (κ1) is 14.7. The molecule has 0 spiro atoms. The highest BCUT2D eigenvalue weighted by Crippen LogP contribution is 2.32. The molecule has 7 heteroatoms. The minimum absolute atomic E-state index is 0.00134. The molecule has 118 valence electrons. The lowest BCUT2D eigenvalue weighted by Crippen LogP contribution is -2.17. The number of nitrogens with zero attached hydrogens (tertiary/aromatic N) is 1. The Morgan fingerprint density at radius 1 is 1.26 bits per heavy atom. The molecule has 3 rings (SSSR count). The third kappa shape index (κ3) is 3.18. The van der Waals surface area contributed by atoms with Crippen LogP contribution in [0, 0.1) is 0 Å². The van der Waals surface area contributed by atoms with Crippen molar-refractivity contribution in [1.82, 2.24) is 5.43 Å². The number of carbonyl (C=O) groups is 1. The van der Waals surface area contributed by atoms with E-state index in [2.05, 4.69) is 10.5 Å². The number of rotatable bonds is 4. The third-order valence-electron chi connectivity index (χ3n) is 3.22. The molecule has 1 aliphatic rings. The van der Waals surface area contributed by atoms with Crippen LogP contribution in [0.25, 0.3) is 0 Å². The molecule has 23 heavy (non-hydrogen) atoms. The highest BCUT2D eigenvalue weighted by atomic mass is 16.7. The van der Waals surface area contributed by atoms with Crippen molar-refractivity contribution in [1.29, 1.82) is 0 Å². The van der Waals surface area contributed by atoms with Gasteiger partial charge in [0.15, 0.2) is 23.0 Å². The molecule has 2 N–H and O–H groups in total. The van der Waals surface area contributed by atoms with Crippen molar-refractivity contribution in [2.75, 3.05) is 13.9 Å². The van der Waals surface area contributed by atoms with Gasteiger partial charge in [-0.1, -0.05) is 0 Å². The number of aromatic hydroxyl groups is 1. The Morgan fingerprint density at radius 2 is 2.09 bits per heavy atom. The van der Waals surface area contributed by atoms with E-state index >= 15 is 0 Å². The molecule has 2 aromatic rings. The average molecular weight is 314 g/mol. The maximum Gasteiger partial charge on any atom is 0.271 e. The van der Waals surface area contributed by atoms with E-state index in [-0.39, 0.29) is 18.4 Å². The van der Waals surface area contributed by atoms with Gasteiger partial charge in [0, 0.05) is 5.56 Å². The number of fused-ring (bicyclic) bond motifs is 1. The molecule has 0 radical (unpaired) electrons. The fraction of sp³-hybridized carbons (Fsp3) is 0.125. The second-order valence-corrected chi connectivity index (χ2v) is 4.70. The van der Waals surface area contributed by atoms with Gasteiger partial charge in [-0.2, -0.15) is 5.10 Å². The van der Waals surface area contributed by atoms with E-state index in [1.807, 2.05) is 0 Å². The normalized spacial score (nSPS) is 12.4. The molecule has 0 atom stereocenters. The van der Waals surface area contributed by atoms with E-state index in [1.54, 1.807) is 30.3 Å². The molecular weight excluding hydrogens is 300 g/mol. The predicted molar refractivity (Wildman–Crippen MR) is 82.3 cm³/mol. The molecule has 1 aliphatic heterocycles. The summed E-state index contributed by atoms with van der Waals surface area (Å²) in [6.45, 7) is 0.152. The van der Waals surface area contributed by atoms with Crippen LogP contribution in [0.5, 0.6) is 23.0 Å². The van der Waals surface area contributed by atoms with Gasteiger partial charge in [-0.05, 0) is 42.0 Å². The molecule has 1 amide bonds. The number of carbonyl (C=O) groups excluding carboxylic acids is 1. The smallest absolute Gasteiger partial charge is 0.271 e. The van der Waals surface area contributed by atoms with Crippen LogP contribution in [0.1, 0.15) is 15.9 Å². The summed E-state index contributed by atoms with van der Waals surface area (Å²) in [6.07, 6.45) is 1.42. The van der Waals surface area contributed by atoms with Crippen LogP contribution in [0.2, 0.25) is 0 Å². The molecule has 0 fully saturated rings. The van der Waals surface area contributed by atoms with Crippen molar-refractivity contribution in [2.45, 2.75) is 0 Å². The summed E-state index contributed by atoms with van der Waals surface area (Å²) in [5, 5.41) is 13.5. The topological polar surface area (TPSA) is 89.4 Å². The predicted octanol–water partition coefficient (Wildman–Crippen LogP) is 1.89. The molecular formula is C16H14N2O5. The number of methoxy groups -OCH3 is 1. The number of hydrogen-bond acceptors (Lipinski definition) is 6. The standard InChI is InChI=1S/C16H14N2O5/c1-21-13-4-2-10(6-12(13)19)8-17-18-16(20)11-3-5-14-15(7-11)23-9-22-14/h2-8,19H,9H2,1H3,(H,18,20). The summed E-state index contributed by atoms with van der Waals surface area (Å²) >= 11 is 0. The van der Waals surface area contributed by atoms with Gasteiger partial charge < -0.3 is 19.3 Å². The van der Waals surface area contributed by atoms with Crippen molar-refractivity contribution in [3.8, 4) is 23.0 Å². The summed E-state index contributed by atoms with van der Waals surface area (Å²) in [7, 11) is 1.47. The van der Waals surface area contributed by atoms with Crippen molar-refractivity contribution in [3.63, 3.8) is 0 Å². The largest absolute Gasteiger partial charge is 0.504 e. The van der Waals surface area contributed by atoms with E-state index < -0.39 is 0 Å². The summed E-state index contributed by atoms with van der Waals surface area (Å²) < 4.78 is 15.4. The molecule has 7 nitrogen and oxygen atoms in total. The number of benzene rings is 2. The molecule has 0 saturated carbocycles. The van der Waals surface area contributed by atoms with E-state index in [0.717, 1.165) is 0 Å². The number of nitrogens with one attached hydrogen (secondary N) is 1. The number of hydrazone groups is 1. The van der Waals surface area contributed by atoms with Crippen LogP contribution >= 0.6 is 0 Å². The second kappa shape index (κ2) is 6.27. The highest BCUT2D eigenvalue weighted by Gasteiger charge is 2.15. The molecule has 0 saturated heterocycles. The number of phenols is 1. The molecule has 2 aromatic carbocycles. The minimum Gasteiger partial charge on any atom is -0.504 e. The van der Waals surface area contributed by atoms with Crippen molar-refractivity contribution in [3.05, 3.63) is 47.5 Å². The molecule has 0 aromatic heterocycles. The zero-order valence-electron chi connectivity index (χ0n) is 12.3. The van der Waals surface area contributed by atoms with Gasteiger partial charge in [-0.15, -0.1) is 0 Å². The van der Waals surface area contributed by atoms with E-state index in [0.29, 0.717) is 28.4 Å². The van der Waals surface area contributed by atoms with Gasteiger partial charge in [0.2, 0.25) is 6.79 Å². The SMILES string of the molecule is COc1ccc(C=NNC(=O)c2ccc3c(c2)OCO3)cc1O. The lowest BCUT2D eigenvalue weighted by molar-refractivity contribution is 0.0954. The summed E-state index contributed by atoms with van der Waals surface area (Å²) in [4.78, 5) is 12.0. The van der Waals surface area contributed by atoms with Crippen molar-refractivity contribution in [2.24, 2.45) is 5.10 Å². The first-order valence-electron chi connectivity index (χ1n) is 6.77. The third-order valence-corrected chi connectivity index (χ3v) is 3.22. The lowest BCUT2D eigenvalue weighted by atomic mass is 10.2. The fourth-order valence-electron chi connectivity index (χ4n) is 2.06. The summed E-state index contributed by atoms with van der Waals surface area (Å²) in [5.41, 5.74) is 3.43. The minimum atomic E-state index is -0.378. The molecule has 0 bridgehead atoms. The Balaban J connectivity index is 1.65. The molecule has 0 aliphatic carbocycles. The summed E-state index contributed by atoms with van der Waals surface area (Å²) in [6, 6.07) is 9.67. The second-order valence-electron chi connectivity index (χ2n) is 4.70. The molecule has 0 unspecified atom stereocenters. The number of ether oxygens (including phenoxy) is 3. The monoisotopic (exact) mass is 314 g/mol. The van der Waals surface area contributed by atoms with Gasteiger partial charge >= 0.3 is 0 Å². The highest BCUT2D eigenvalue weighted by molar-refractivity contribution is 5.95. The van der Waals surface area contributed by atoms with E-state index in [4.69, 9.17) is 14.2 Å². The average Bonchev–Trinajstić information content (AvgIpc) is 3.02. The fourth-order valence-corrected chi connectivity index (χ4v) is 2.06. The first-order chi connectivity index (χ1) is 11.2. The number of hydrogen-bond donors (Lipinski definition) is 2. The van der Waals surface area contributed by atoms with Crippen molar-refractivity contribution < 1.29 is 24.1 Å². The Hall–Kier alpha value is -3.22. The van der Waals surface area contributed by atoms with Gasteiger partial charge in [0.05, 0.1) is 13.3 Å². The Bertz CT molecular complexity index is 773. The zero-order valence-corrected chi connectivity index (χ0v) is 12.3. The Kier molecular flexibility index (Phi) is 4.01. The van der Waals surface area contributed by atoms with Crippen LogP contribution in [0.15, 0.2) is 41.5 Å². The van der Waals surface area contributed by atoms with Gasteiger partial charge in [-0.25, -0.2) is 5.43 Å². The van der Waals surface area contributed by atoms with Gasteiger partial charge in [0.25, 0.3) is 5.91 Å².